The lowest BCUT2D eigenvalue weighted by Crippen LogP contribution is -2.59. The molecule has 9 heteroatoms. The van der Waals surface area contributed by atoms with Crippen LogP contribution >= 0.6 is 0 Å². The van der Waals surface area contributed by atoms with Gasteiger partial charge >= 0.3 is 0 Å². The standard InChI is InChI=1S/C25H29N5O3S/c1-18-24(23-4-2-3-5-25(23)28-18)17-30-15-20-13-29(14-21(16-30)33-20)11-10-27-34(31,32)22-8-6-19(12-26)7-9-22/h2-9,20-21,27-28H,10-11,13-17H2,1H3. The topological polar surface area (TPSA) is 101 Å². The minimum absolute atomic E-state index is 0.119. The minimum Gasteiger partial charge on any atom is -0.370 e. The van der Waals surface area contributed by atoms with E-state index in [1.54, 1.807) is 0 Å². The number of hydrogen-bond donors (Lipinski definition) is 2. The molecule has 0 saturated carbocycles. The Morgan fingerprint density at radius 3 is 2.44 bits per heavy atom. The van der Waals surface area contributed by atoms with Gasteiger partial charge in [-0.15, -0.1) is 0 Å². The molecule has 2 N–H and O–H groups in total. The second-order valence-electron chi connectivity index (χ2n) is 9.14. The van der Waals surface area contributed by atoms with E-state index in [0.29, 0.717) is 18.7 Å². The zero-order valence-corrected chi connectivity index (χ0v) is 20.0. The van der Waals surface area contributed by atoms with Gasteiger partial charge in [-0.25, -0.2) is 13.1 Å². The zero-order valence-electron chi connectivity index (χ0n) is 19.2. The average molecular weight is 480 g/mol. The third-order valence-electron chi connectivity index (χ3n) is 6.65. The Balaban J connectivity index is 1.14. The number of aromatic amines is 1. The molecule has 2 aliphatic rings. The number of sulfonamides is 1. The molecule has 2 bridgehead atoms. The van der Waals surface area contributed by atoms with Crippen LogP contribution in [0.25, 0.3) is 10.9 Å². The third-order valence-corrected chi connectivity index (χ3v) is 8.13. The van der Waals surface area contributed by atoms with Crippen LogP contribution in [0, 0.1) is 18.3 Å². The molecule has 2 saturated heterocycles. The molecule has 2 fully saturated rings. The normalized spacial score (nSPS) is 21.5. The van der Waals surface area contributed by atoms with Gasteiger partial charge in [-0.05, 0) is 42.8 Å². The molecule has 0 spiro atoms. The largest absolute Gasteiger partial charge is 0.370 e. The van der Waals surface area contributed by atoms with Gasteiger partial charge in [0.25, 0.3) is 0 Å². The number of para-hydroxylation sites is 1. The van der Waals surface area contributed by atoms with Gasteiger partial charge in [-0.2, -0.15) is 5.26 Å². The number of aromatic nitrogens is 1. The highest BCUT2D eigenvalue weighted by atomic mass is 32.2. The quantitative estimate of drug-likeness (QED) is 0.539. The SMILES string of the molecule is Cc1[nH]c2ccccc2c1CN1CC2CN(CCNS(=O)(=O)c3ccc(C#N)cc3)CC(C1)O2. The third kappa shape index (κ3) is 4.87. The van der Waals surface area contributed by atoms with Crippen molar-refractivity contribution in [2.75, 3.05) is 39.3 Å². The Labute approximate surface area is 200 Å². The van der Waals surface area contributed by atoms with Crippen LogP contribution in [-0.4, -0.2) is 74.7 Å². The number of rotatable bonds is 7. The predicted octanol–water partition coefficient (Wildman–Crippen LogP) is 2.21. The molecular formula is C25H29N5O3S. The molecule has 0 aliphatic carbocycles. The number of morpholine rings is 2. The van der Waals surface area contributed by atoms with Crippen LogP contribution in [0.4, 0.5) is 0 Å². The molecule has 1 aromatic heterocycles. The number of nitrogens with one attached hydrogen (secondary N) is 2. The summed E-state index contributed by atoms with van der Waals surface area (Å²) in [6.07, 6.45) is 0.237. The van der Waals surface area contributed by atoms with Crippen LogP contribution in [0.3, 0.4) is 0 Å². The summed E-state index contributed by atoms with van der Waals surface area (Å²) in [6.45, 7) is 7.31. The lowest BCUT2D eigenvalue weighted by Gasteiger charge is -2.46. The first kappa shape index (κ1) is 23.0. The Hall–Kier alpha value is -2.74. The number of nitriles is 1. The average Bonchev–Trinajstić information content (AvgIpc) is 3.13. The summed E-state index contributed by atoms with van der Waals surface area (Å²) in [4.78, 5) is 8.43. The molecule has 2 aliphatic heterocycles. The van der Waals surface area contributed by atoms with E-state index in [1.807, 2.05) is 6.07 Å². The van der Waals surface area contributed by atoms with E-state index in [4.69, 9.17) is 10.00 Å². The molecule has 0 radical (unpaired) electrons. The van der Waals surface area contributed by atoms with Crippen LogP contribution in [0.2, 0.25) is 0 Å². The van der Waals surface area contributed by atoms with Crippen LogP contribution in [-0.2, 0) is 21.3 Å². The van der Waals surface area contributed by atoms with Gasteiger partial charge in [-0.1, -0.05) is 18.2 Å². The van der Waals surface area contributed by atoms with Gasteiger partial charge in [0, 0.05) is 62.4 Å². The summed E-state index contributed by atoms with van der Waals surface area (Å²) in [6, 6.07) is 16.4. The summed E-state index contributed by atoms with van der Waals surface area (Å²) in [5.41, 5.74) is 4.18. The van der Waals surface area contributed by atoms with Crippen molar-refractivity contribution in [3.63, 3.8) is 0 Å². The van der Waals surface area contributed by atoms with Crippen LogP contribution in [0.1, 0.15) is 16.8 Å². The summed E-state index contributed by atoms with van der Waals surface area (Å²) in [7, 11) is -3.59. The maximum atomic E-state index is 12.5. The maximum Gasteiger partial charge on any atom is 0.240 e. The molecule has 178 valence electrons. The summed E-state index contributed by atoms with van der Waals surface area (Å²) < 4.78 is 34.0. The first-order chi connectivity index (χ1) is 16.4. The molecule has 3 heterocycles. The second-order valence-corrected chi connectivity index (χ2v) is 10.9. The predicted molar refractivity (Wildman–Crippen MR) is 130 cm³/mol. The molecule has 34 heavy (non-hydrogen) atoms. The Morgan fingerprint density at radius 2 is 1.74 bits per heavy atom. The van der Waals surface area contributed by atoms with Crippen LogP contribution < -0.4 is 4.72 Å². The fourth-order valence-corrected chi connectivity index (χ4v) is 6.09. The molecule has 2 aromatic carbocycles. The summed E-state index contributed by atoms with van der Waals surface area (Å²) >= 11 is 0. The molecule has 8 nitrogen and oxygen atoms in total. The highest BCUT2D eigenvalue weighted by Crippen LogP contribution is 2.26. The van der Waals surface area contributed by atoms with Gasteiger partial charge in [0.15, 0.2) is 0 Å². The van der Waals surface area contributed by atoms with Crippen molar-refractivity contribution >= 4 is 20.9 Å². The van der Waals surface area contributed by atoms with Crippen molar-refractivity contribution in [3.8, 4) is 6.07 Å². The Kier molecular flexibility index (Phi) is 6.42. The van der Waals surface area contributed by atoms with E-state index in [0.717, 1.165) is 32.7 Å². The van der Waals surface area contributed by atoms with Crippen LogP contribution in [0.15, 0.2) is 53.4 Å². The van der Waals surface area contributed by atoms with Crippen molar-refractivity contribution in [2.45, 2.75) is 30.6 Å². The maximum absolute atomic E-state index is 12.5. The van der Waals surface area contributed by atoms with E-state index in [-0.39, 0.29) is 17.1 Å². The highest BCUT2D eigenvalue weighted by molar-refractivity contribution is 7.89. The van der Waals surface area contributed by atoms with Gasteiger partial charge in [0.05, 0.1) is 28.7 Å². The van der Waals surface area contributed by atoms with E-state index < -0.39 is 10.0 Å². The van der Waals surface area contributed by atoms with E-state index in [9.17, 15) is 8.42 Å². The number of nitrogens with zero attached hydrogens (tertiary/aromatic N) is 3. The molecule has 2 atom stereocenters. The van der Waals surface area contributed by atoms with Crippen molar-refractivity contribution in [1.29, 1.82) is 5.26 Å². The molecule has 3 aromatic rings. The van der Waals surface area contributed by atoms with Gasteiger partial charge in [0.1, 0.15) is 0 Å². The molecular weight excluding hydrogens is 450 g/mol. The number of benzene rings is 2. The van der Waals surface area contributed by atoms with E-state index >= 15 is 0 Å². The Morgan fingerprint density at radius 1 is 1.06 bits per heavy atom. The number of fused-ring (bicyclic) bond motifs is 3. The van der Waals surface area contributed by atoms with Gasteiger partial charge in [-0.3, -0.25) is 9.80 Å². The van der Waals surface area contributed by atoms with Crippen LogP contribution in [0.5, 0.6) is 0 Å². The van der Waals surface area contributed by atoms with E-state index in [1.165, 1.54) is 46.4 Å². The molecule has 5 rings (SSSR count). The number of H-pyrrole nitrogens is 1. The summed E-state index contributed by atoms with van der Waals surface area (Å²) in [5.74, 6) is 0. The van der Waals surface area contributed by atoms with Gasteiger partial charge < -0.3 is 9.72 Å². The first-order valence-corrected chi connectivity index (χ1v) is 13.1. The fraction of sp³-hybridized carbons (Fsp3) is 0.400. The van der Waals surface area contributed by atoms with Gasteiger partial charge in [0.2, 0.25) is 10.0 Å². The minimum atomic E-state index is -3.59. The first-order valence-electron chi connectivity index (χ1n) is 11.6. The highest BCUT2D eigenvalue weighted by Gasteiger charge is 2.35. The van der Waals surface area contributed by atoms with Crippen molar-refractivity contribution < 1.29 is 13.2 Å². The molecule has 0 amide bonds. The van der Waals surface area contributed by atoms with Crippen molar-refractivity contribution in [3.05, 3.63) is 65.4 Å². The Bertz CT molecular complexity index is 1300. The number of aryl methyl sites for hydroxylation is 1. The second kappa shape index (κ2) is 9.49. The number of hydrogen-bond acceptors (Lipinski definition) is 6. The monoisotopic (exact) mass is 479 g/mol. The van der Waals surface area contributed by atoms with E-state index in [2.05, 4.69) is 50.7 Å². The zero-order chi connectivity index (χ0) is 23.7. The van der Waals surface area contributed by atoms with Crippen molar-refractivity contribution in [1.82, 2.24) is 19.5 Å². The summed E-state index contributed by atoms with van der Waals surface area (Å²) in [5, 5.41) is 10.2. The van der Waals surface area contributed by atoms with Crippen molar-refractivity contribution in [2.24, 2.45) is 0 Å². The number of ether oxygens (including phenoxy) is 1. The smallest absolute Gasteiger partial charge is 0.240 e. The lowest BCUT2D eigenvalue weighted by atomic mass is 10.1. The fourth-order valence-electron chi connectivity index (χ4n) is 5.06. The molecule has 2 unspecified atom stereocenters. The lowest BCUT2D eigenvalue weighted by molar-refractivity contribution is -0.139.